The predicted molar refractivity (Wildman–Crippen MR) is 66.6 cm³/mol. The third kappa shape index (κ3) is 2.60. The van der Waals surface area contributed by atoms with Gasteiger partial charge in [0.15, 0.2) is 0 Å². The molecule has 2 rings (SSSR count). The predicted octanol–water partition coefficient (Wildman–Crippen LogP) is 2.19. The van der Waals surface area contributed by atoms with Gasteiger partial charge in [-0.1, -0.05) is 13.0 Å². The SMILES string of the molecule is CC1SCCN(C(=O)c2cccc(F)n2)C1C. The van der Waals surface area contributed by atoms with E-state index in [1.54, 1.807) is 11.0 Å². The van der Waals surface area contributed by atoms with E-state index in [0.717, 1.165) is 5.75 Å². The van der Waals surface area contributed by atoms with E-state index in [1.165, 1.54) is 12.1 Å². The fourth-order valence-electron chi connectivity index (χ4n) is 1.89. The summed E-state index contributed by atoms with van der Waals surface area (Å²) in [4.78, 5) is 17.6. The Bertz CT molecular complexity index is 427. The molecule has 1 aliphatic rings. The number of amides is 1. The molecule has 92 valence electrons. The summed E-state index contributed by atoms with van der Waals surface area (Å²) in [7, 11) is 0. The first-order chi connectivity index (χ1) is 8.09. The zero-order valence-electron chi connectivity index (χ0n) is 9.89. The number of hydrogen-bond donors (Lipinski definition) is 0. The van der Waals surface area contributed by atoms with E-state index in [4.69, 9.17) is 0 Å². The number of hydrogen-bond acceptors (Lipinski definition) is 3. The summed E-state index contributed by atoms with van der Waals surface area (Å²) in [6.07, 6.45) is 0. The van der Waals surface area contributed by atoms with Crippen LogP contribution in [-0.2, 0) is 0 Å². The molecule has 1 amide bonds. The van der Waals surface area contributed by atoms with Crippen LogP contribution in [0.1, 0.15) is 24.3 Å². The van der Waals surface area contributed by atoms with Crippen molar-refractivity contribution in [1.29, 1.82) is 0 Å². The summed E-state index contributed by atoms with van der Waals surface area (Å²) in [6, 6.07) is 4.48. The highest BCUT2D eigenvalue weighted by molar-refractivity contribution is 8.00. The third-order valence-electron chi connectivity index (χ3n) is 3.08. The molecule has 0 saturated carbocycles. The summed E-state index contributed by atoms with van der Waals surface area (Å²) in [5.41, 5.74) is 0.191. The van der Waals surface area contributed by atoms with Gasteiger partial charge in [-0.15, -0.1) is 0 Å². The fourth-order valence-corrected chi connectivity index (χ4v) is 2.99. The van der Waals surface area contributed by atoms with Gasteiger partial charge in [-0.25, -0.2) is 4.98 Å². The number of halogens is 1. The molecule has 1 fully saturated rings. The van der Waals surface area contributed by atoms with Crippen LogP contribution in [0.15, 0.2) is 18.2 Å². The van der Waals surface area contributed by atoms with Crippen molar-refractivity contribution in [1.82, 2.24) is 9.88 Å². The van der Waals surface area contributed by atoms with Crippen molar-refractivity contribution in [2.45, 2.75) is 25.1 Å². The molecule has 1 saturated heterocycles. The van der Waals surface area contributed by atoms with Crippen molar-refractivity contribution >= 4 is 17.7 Å². The number of thioether (sulfide) groups is 1. The van der Waals surface area contributed by atoms with E-state index in [-0.39, 0.29) is 17.6 Å². The van der Waals surface area contributed by atoms with Gasteiger partial charge in [-0.2, -0.15) is 16.2 Å². The lowest BCUT2D eigenvalue weighted by Crippen LogP contribution is -2.48. The normalized spacial score (nSPS) is 24.8. The summed E-state index contributed by atoms with van der Waals surface area (Å²) >= 11 is 1.86. The monoisotopic (exact) mass is 254 g/mol. The Hall–Kier alpha value is -1.10. The largest absolute Gasteiger partial charge is 0.333 e. The molecule has 1 aromatic heterocycles. The zero-order valence-corrected chi connectivity index (χ0v) is 10.7. The first-order valence-electron chi connectivity index (χ1n) is 5.64. The average Bonchev–Trinajstić information content (AvgIpc) is 2.32. The van der Waals surface area contributed by atoms with Gasteiger partial charge in [0.1, 0.15) is 5.69 Å². The van der Waals surface area contributed by atoms with Gasteiger partial charge in [0.25, 0.3) is 5.91 Å². The minimum atomic E-state index is -0.608. The van der Waals surface area contributed by atoms with Crippen LogP contribution < -0.4 is 0 Å². The number of rotatable bonds is 1. The molecule has 3 nitrogen and oxygen atoms in total. The number of pyridine rings is 1. The maximum Gasteiger partial charge on any atom is 0.272 e. The molecule has 0 bridgehead atoms. The van der Waals surface area contributed by atoms with E-state index >= 15 is 0 Å². The quantitative estimate of drug-likeness (QED) is 0.720. The van der Waals surface area contributed by atoms with Crippen molar-refractivity contribution in [2.75, 3.05) is 12.3 Å². The average molecular weight is 254 g/mol. The Morgan fingerprint density at radius 1 is 1.53 bits per heavy atom. The summed E-state index contributed by atoms with van der Waals surface area (Å²) in [5, 5.41) is 0.404. The lowest BCUT2D eigenvalue weighted by molar-refractivity contribution is 0.0691. The van der Waals surface area contributed by atoms with Crippen molar-refractivity contribution in [3.05, 3.63) is 29.8 Å². The lowest BCUT2D eigenvalue weighted by Gasteiger charge is -2.37. The molecular formula is C12H15FN2OS. The van der Waals surface area contributed by atoms with Gasteiger partial charge in [0.2, 0.25) is 5.95 Å². The van der Waals surface area contributed by atoms with Crippen LogP contribution in [0.5, 0.6) is 0 Å². The van der Waals surface area contributed by atoms with Crippen LogP contribution >= 0.6 is 11.8 Å². The van der Waals surface area contributed by atoms with Gasteiger partial charge in [-0.05, 0) is 19.1 Å². The van der Waals surface area contributed by atoms with Crippen molar-refractivity contribution in [2.24, 2.45) is 0 Å². The molecule has 2 unspecified atom stereocenters. The van der Waals surface area contributed by atoms with E-state index in [1.807, 2.05) is 18.7 Å². The van der Waals surface area contributed by atoms with Gasteiger partial charge in [0.05, 0.1) is 0 Å². The van der Waals surface area contributed by atoms with E-state index < -0.39 is 5.95 Å². The Morgan fingerprint density at radius 2 is 2.29 bits per heavy atom. The molecule has 1 aliphatic heterocycles. The molecular weight excluding hydrogens is 239 g/mol. The van der Waals surface area contributed by atoms with Crippen molar-refractivity contribution in [3.8, 4) is 0 Å². The second kappa shape index (κ2) is 5.04. The highest BCUT2D eigenvalue weighted by atomic mass is 32.2. The molecule has 0 spiro atoms. The van der Waals surface area contributed by atoms with Crippen LogP contribution in [0.25, 0.3) is 0 Å². The minimum Gasteiger partial charge on any atom is -0.333 e. The first kappa shape index (κ1) is 12.4. The van der Waals surface area contributed by atoms with E-state index in [2.05, 4.69) is 11.9 Å². The summed E-state index contributed by atoms with van der Waals surface area (Å²) < 4.78 is 13.0. The second-order valence-corrected chi connectivity index (χ2v) is 5.65. The van der Waals surface area contributed by atoms with E-state index in [0.29, 0.717) is 11.8 Å². The molecule has 2 heterocycles. The Labute approximate surface area is 104 Å². The number of nitrogens with zero attached hydrogens (tertiary/aromatic N) is 2. The van der Waals surface area contributed by atoms with Crippen LogP contribution in [-0.4, -0.2) is 39.4 Å². The lowest BCUT2D eigenvalue weighted by atomic mass is 10.2. The molecule has 17 heavy (non-hydrogen) atoms. The van der Waals surface area contributed by atoms with Gasteiger partial charge in [-0.3, -0.25) is 4.79 Å². The van der Waals surface area contributed by atoms with Crippen molar-refractivity contribution in [3.63, 3.8) is 0 Å². The molecule has 2 atom stereocenters. The first-order valence-corrected chi connectivity index (χ1v) is 6.69. The highest BCUT2D eigenvalue weighted by Gasteiger charge is 2.30. The number of carbonyl (C=O) groups excluding carboxylic acids is 1. The second-order valence-electron chi connectivity index (χ2n) is 4.16. The highest BCUT2D eigenvalue weighted by Crippen LogP contribution is 2.25. The fraction of sp³-hybridized carbons (Fsp3) is 0.500. The Kier molecular flexibility index (Phi) is 3.66. The standard InChI is InChI=1S/C12H15FN2OS/c1-8-9(2)17-7-6-15(8)12(16)10-4-3-5-11(13)14-10/h3-5,8-9H,6-7H2,1-2H3. The Balaban J connectivity index is 2.19. The summed E-state index contributed by atoms with van der Waals surface area (Å²) in [6.45, 7) is 4.83. The van der Waals surface area contributed by atoms with Gasteiger partial charge < -0.3 is 4.90 Å². The number of aromatic nitrogens is 1. The molecule has 0 aliphatic carbocycles. The molecule has 5 heteroatoms. The Morgan fingerprint density at radius 3 is 3.00 bits per heavy atom. The maximum absolute atomic E-state index is 13.0. The van der Waals surface area contributed by atoms with E-state index in [9.17, 15) is 9.18 Å². The molecule has 0 aromatic carbocycles. The van der Waals surface area contributed by atoms with Gasteiger partial charge >= 0.3 is 0 Å². The van der Waals surface area contributed by atoms with Crippen LogP contribution in [0.4, 0.5) is 4.39 Å². The van der Waals surface area contributed by atoms with Gasteiger partial charge in [0, 0.05) is 23.6 Å². The molecule has 1 aromatic rings. The zero-order chi connectivity index (χ0) is 12.4. The van der Waals surface area contributed by atoms with Crippen LogP contribution in [0.2, 0.25) is 0 Å². The number of carbonyl (C=O) groups is 1. The molecule has 0 N–H and O–H groups in total. The van der Waals surface area contributed by atoms with Crippen LogP contribution in [0.3, 0.4) is 0 Å². The summed E-state index contributed by atoms with van der Waals surface area (Å²) in [5.74, 6) is 0.138. The minimum absolute atomic E-state index is 0.159. The third-order valence-corrected chi connectivity index (χ3v) is 4.42. The smallest absolute Gasteiger partial charge is 0.272 e. The topological polar surface area (TPSA) is 33.2 Å². The van der Waals surface area contributed by atoms with Crippen molar-refractivity contribution < 1.29 is 9.18 Å². The maximum atomic E-state index is 13.0. The molecule has 0 radical (unpaired) electrons. The van der Waals surface area contributed by atoms with Crippen LogP contribution in [0, 0.1) is 5.95 Å².